The van der Waals surface area contributed by atoms with Gasteiger partial charge in [-0.3, -0.25) is 4.79 Å². The summed E-state index contributed by atoms with van der Waals surface area (Å²) in [4.78, 5) is 11.8. The summed E-state index contributed by atoms with van der Waals surface area (Å²) in [7, 11) is 1.58. The first-order chi connectivity index (χ1) is 12.5. The molecule has 0 aliphatic heterocycles. The molecule has 0 unspecified atom stereocenters. The summed E-state index contributed by atoms with van der Waals surface area (Å²) in [5, 5.41) is 4.65. The van der Waals surface area contributed by atoms with E-state index in [1.54, 1.807) is 19.4 Å². The van der Waals surface area contributed by atoms with Crippen LogP contribution in [0.1, 0.15) is 24.0 Å². The van der Waals surface area contributed by atoms with Gasteiger partial charge in [-0.1, -0.05) is 27.5 Å². The predicted molar refractivity (Wildman–Crippen MR) is 107 cm³/mol. The number of ether oxygens (including phenoxy) is 2. The summed E-state index contributed by atoms with van der Waals surface area (Å²) < 4.78 is 11.8. The van der Waals surface area contributed by atoms with Gasteiger partial charge in [-0.2, -0.15) is 5.10 Å². The maximum absolute atomic E-state index is 11.8. The standard InChI is InChI=1S/C19H20BrClN2O3/c1-13-10-16(21)6-8-17(13)26-9-3-4-19(24)23-22-12-14-11-15(20)5-7-18(14)25-2/h5-8,10-12H,3-4,9H2,1-2H3,(H,23,24)/b22-12+. The number of halogens is 2. The number of benzene rings is 2. The highest BCUT2D eigenvalue weighted by atomic mass is 79.9. The van der Waals surface area contributed by atoms with Gasteiger partial charge in [0.15, 0.2) is 0 Å². The fourth-order valence-electron chi connectivity index (χ4n) is 2.23. The fourth-order valence-corrected chi connectivity index (χ4v) is 2.83. The summed E-state index contributed by atoms with van der Waals surface area (Å²) in [5.41, 5.74) is 4.24. The van der Waals surface area contributed by atoms with Gasteiger partial charge in [0.25, 0.3) is 0 Å². The minimum absolute atomic E-state index is 0.174. The summed E-state index contributed by atoms with van der Waals surface area (Å²) in [6, 6.07) is 11.0. The van der Waals surface area contributed by atoms with E-state index in [-0.39, 0.29) is 5.91 Å². The summed E-state index contributed by atoms with van der Waals surface area (Å²) in [6.07, 6.45) is 2.46. The van der Waals surface area contributed by atoms with E-state index in [1.165, 1.54) is 0 Å². The van der Waals surface area contributed by atoms with E-state index in [0.717, 1.165) is 21.3 Å². The molecule has 0 bridgehead atoms. The van der Waals surface area contributed by atoms with Crippen molar-refractivity contribution in [2.45, 2.75) is 19.8 Å². The Bertz CT molecular complexity index is 796. The third kappa shape index (κ3) is 6.35. The molecule has 0 heterocycles. The third-order valence-corrected chi connectivity index (χ3v) is 4.26. The lowest BCUT2D eigenvalue weighted by molar-refractivity contribution is -0.121. The molecule has 0 fully saturated rings. The Morgan fingerprint density at radius 3 is 2.77 bits per heavy atom. The van der Waals surface area contributed by atoms with Crippen molar-refractivity contribution in [2.75, 3.05) is 13.7 Å². The van der Waals surface area contributed by atoms with Crippen molar-refractivity contribution >= 4 is 39.7 Å². The van der Waals surface area contributed by atoms with Crippen LogP contribution in [0.4, 0.5) is 0 Å². The second kappa shape index (κ2) is 10.2. The number of hydrogen-bond donors (Lipinski definition) is 1. The third-order valence-electron chi connectivity index (χ3n) is 3.53. The van der Waals surface area contributed by atoms with Crippen LogP contribution in [0.25, 0.3) is 0 Å². The molecule has 0 atom stereocenters. The van der Waals surface area contributed by atoms with E-state index < -0.39 is 0 Å². The van der Waals surface area contributed by atoms with Crippen molar-refractivity contribution in [1.29, 1.82) is 0 Å². The van der Waals surface area contributed by atoms with Gasteiger partial charge in [0.2, 0.25) is 5.91 Å². The molecule has 5 nitrogen and oxygen atoms in total. The zero-order valence-electron chi connectivity index (χ0n) is 14.6. The predicted octanol–water partition coefficient (Wildman–Crippen LogP) is 4.73. The van der Waals surface area contributed by atoms with Crippen molar-refractivity contribution < 1.29 is 14.3 Å². The van der Waals surface area contributed by atoms with Crippen LogP contribution >= 0.6 is 27.5 Å². The van der Waals surface area contributed by atoms with Gasteiger partial charge in [-0.05, 0) is 55.3 Å². The Labute approximate surface area is 166 Å². The van der Waals surface area contributed by atoms with E-state index in [0.29, 0.717) is 30.2 Å². The van der Waals surface area contributed by atoms with E-state index >= 15 is 0 Å². The van der Waals surface area contributed by atoms with E-state index in [1.807, 2.05) is 37.3 Å². The normalized spacial score (nSPS) is 10.8. The number of methoxy groups -OCH3 is 1. The quantitative estimate of drug-likeness (QED) is 0.367. The molecule has 138 valence electrons. The Morgan fingerprint density at radius 1 is 1.27 bits per heavy atom. The Kier molecular flexibility index (Phi) is 7.94. The average molecular weight is 440 g/mol. The van der Waals surface area contributed by atoms with Crippen molar-refractivity contribution in [2.24, 2.45) is 5.10 Å². The monoisotopic (exact) mass is 438 g/mol. The highest BCUT2D eigenvalue weighted by Gasteiger charge is 2.04. The molecule has 26 heavy (non-hydrogen) atoms. The van der Waals surface area contributed by atoms with Crippen LogP contribution in [0.5, 0.6) is 11.5 Å². The second-order valence-electron chi connectivity index (χ2n) is 5.54. The average Bonchev–Trinajstić information content (AvgIpc) is 2.60. The number of nitrogens with zero attached hydrogens (tertiary/aromatic N) is 1. The first-order valence-electron chi connectivity index (χ1n) is 8.04. The lowest BCUT2D eigenvalue weighted by Crippen LogP contribution is -2.18. The number of hydrazone groups is 1. The van der Waals surface area contributed by atoms with Crippen LogP contribution in [0.2, 0.25) is 5.02 Å². The van der Waals surface area contributed by atoms with Gasteiger partial charge < -0.3 is 9.47 Å². The minimum atomic E-state index is -0.174. The van der Waals surface area contributed by atoms with Gasteiger partial charge in [0.05, 0.1) is 19.9 Å². The number of aryl methyl sites for hydroxylation is 1. The molecule has 0 radical (unpaired) electrons. The fraction of sp³-hybridized carbons (Fsp3) is 0.263. The van der Waals surface area contributed by atoms with E-state index in [4.69, 9.17) is 21.1 Å². The van der Waals surface area contributed by atoms with Crippen molar-refractivity contribution in [3.63, 3.8) is 0 Å². The smallest absolute Gasteiger partial charge is 0.240 e. The first-order valence-corrected chi connectivity index (χ1v) is 9.21. The SMILES string of the molecule is COc1ccc(Br)cc1/C=N/NC(=O)CCCOc1ccc(Cl)cc1C. The Morgan fingerprint density at radius 2 is 2.04 bits per heavy atom. The maximum Gasteiger partial charge on any atom is 0.240 e. The summed E-state index contributed by atoms with van der Waals surface area (Å²) in [5.74, 6) is 1.28. The van der Waals surface area contributed by atoms with Crippen LogP contribution in [0.15, 0.2) is 46.0 Å². The molecule has 2 rings (SSSR count). The van der Waals surface area contributed by atoms with E-state index in [9.17, 15) is 4.79 Å². The molecule has 0 saturated heterocycles. The number of hydrogen-bond acceptors (Lipinski definition) is 4. The van der Waals surface area contributed by atoms with Crippen molar-refractivity contribution in [1.82, 2.24) is 5.43 Å². The Balaban J connectivity index is 1.74. The molecular weight excluding hydrogens is 420 g/mol. The summed E-state index contributed by atoms with van der Waals surface area (Å²) >= 11 is 9.30. The molecule has 1 N–H and O–H groups in total. The maximum atomic E-state index is 11.8. The van der Waals surface area contributed by atoms with Crippen molar-refractivity contribution in [3.05, 3.63) is 57.0 Å². The van der Waals surface area contributed by atoms with Crippen molar-refractivity contribution in [3.8, 4) is 11.5 Å². The van der Waals surface area contributed by atoms with Crippen LogP contribution in [-0.4, -0.2) is 25.8 Å². The zero-order chi connectivity index (χ0) is 18.9. The molecule has 0 spiro atoms. The molecular formula is C19H20BrClN2O3. The second-order valence-corrected chi connectivity index (χ2v) is 6.89. The number of carbonyl (C=O) groups is 1. The number of rotatable bonds is 8. The van der Waals surface area contributed by atoms with Crippen LogP contribution in [0, 0.1) is 6.92 Å². The summed E-state index contributed by atoms with van der Waals surface area (Å²) in [6.45, 7) is 2.37. The first kappa shape index (κ1) is 20.3. The molecule has 0 aromatic heterocycles. The van der Waals surface area contributed by atoms with Crippen LogP contribution in [-0.2, 0) is 4.79 Å². The lowest BCUT2D eigenvalue weighted by atomic mass is 10.2. The molecule has 0 aliphatic carbocycles. The topological polar surface area (TPSA) is 59.9 Å². The van der Waals surface area contributed by atoms with Crippen LogP contribution in [0.3, 0.4) is 0 Å². The molecule has 2 aromatic carbocycles. The molecule has 0 saturated carbocycles. The molecule has 2 aromatic rings. The van der Waals surface area contributed by atoms with E-state index in [2.05, 4.69) is 26.5 Å². The highest BCUT2D eigenvalue weighted by molar-refractivity contribution is 9.10. The van der Waals surface area contributed by atoms with Crippen LogP contribution < -0.4 is 14.9 Å². The largest absolute Gasteiger partial charge is 0.496 e. The zero-order valence-corrected chi connectivity index (χ0v) is 16.9. The number of amides is 1. The minimum Gasteiger partial charge on any atom is -0.496 e. The Hall–Kier alpha value is -2.05. The van der Waals surface area contributed by atoms with Gasteiger partial charge in [-0.15, -0.1) is 0 Å². The van der Waals surface area contributed by atoms with Gasteiger partial charge in [0.1, 0.15) is 11.5 Å². The number of nitrogens with one attached hydrogen (secondary N) is 1. The van der Waals surface area contributed by atoms with Gasteiger partial charge in [0, 0.05) is 21.5 Å². The van der Waals surface area contributed by atoms with Gasteiger partial charge in [-0.25, -0.2) is 5.43 Å². The lowest BCUT2D eigenvalue weighted by Gasteiger charge is -2.09. The highest BCUT2D eigenvalue weighted by Crippen LogP contribution is 2.22. The van der Waals surface area contributed by atoms with Gasteiger partial charge >= 0.3 is 0 Å². The molecule has 7 heteroatoms. The molecule has 1 amide bonds. The number of carbonyl (C=O) groups excluding carboxylic acids is 1. The molecule has 0 aliphatic rings.